The van der Waals surface area contributed by atoms with Gasteiger partial charge in [-0.3, -0.25) is 0 Å². The van der Waals surface area contributed by atoms with Gasteiger partial charge < -0.3 is 10.3 Å². The quantitative estimate of drug-likeness (QED) is 0.407. The summed E-state index contributed by atoms with van der Waals surface area (Å²) in [5, 5.41) is 22.4. The Morgan fingerprint density at radius 3 is 2.40 bits per heavy atom. The highest BCUT2D eigenvalue weighted by atomic mass is 16.4. The van der Waals surface area contributed by atoms with Crippen LogP contribution in [0.4, 0.5) is 0 Å². The Bertz CT molecular complexity index is 387. The fraction of sp³-hybridized carbons (Fsp3) is 0.588. The van der Waals surface area contributed by atoms with E-state index in [1.54, 1.807) is 0 Å². The number of hydrogen-bond acceptors (Lipinski definition) is 3. The molecule has 0 aliphatic carbocycles. The molecule has 0 heterocycles. The second kappa shape index (κ2) is 9.54. The average molecular weight is 277 g/mol. The van der Waals surface area contributed by atoms with E-state index in [0.717, 1.165) is 37.8 Å². The molecule has 2 atom stereocenters. The van der Waals surface area contributed by atoms with Gasteiger partial charge in [-0.15, -0.1) is 0 Å². The van der Waals surface area contributed by atoms with Crippen molar-refractivity contribution < 1.29 is 10.3 Å². The predicted octanol–water partition coefficient (Wildman–Crippen LogP) is 4.03. The van der Waals surface area contributed by atoms with Crippen molar-refractivity contribution in [3.63, 3.8) is 0 Å². The molecule has 0 saturated heterocycles. The Morgan fingerprint density at radius 1 is 1.15 bits per heavy atom. The number of rotatable bonds is 9. The van der Waals surface area contributed by atoms with Gasteiger partial charge in [-0.2, -0.15) is 0 Å². The number of oxime groups is 1. The van der Waals surface area contributed by atoms with Gasteiger partial charge in [0.1, 0.15) is 0 Å². The van der Waals surface area contributed by atoms with Gasteiger partial charge in [0.05, 0.1) is 11.8 Å². The summed E-state index contributed by atoms with van der Waals surface area (Å²) >= 11 is 0. The third-order valence-electron chi connectivity index (χ3n) is 3.67. The molecule has 1 rings (SSSR count). The molecule has 0 aliphatic heterocycles. The van der Waals surface area contributed by atoms with E-state index in [4.69, 9.17) is 0 Å². The summed E-state index contributed by atoms with van der Waals surface area (Å²) in [7, 11) is 0. The van der Waals surface area contributed by atoms with E-state index < -0.39 is 0 Å². The van der Waals surface area contributed by atoms with Crippen LogP contribution in [-0.2, 0) is 6.42 Å². The van der Waals surface area contributed by atoms with Crippen LogP contribution in [0.25, 0.3) is 0 Å². The van der Waals surface area contributed by atoms with Crippen LogP contribution in [0, 0.1) is 5.92 Å². The lowest BCUT2D eigenvalue weighted by Crippen LogP contribution is -2.19. The van der Waals surface area contributed by atoms with Crippen LogP contribution in [0.15, 0.2) is 35.5 Å². The molecule has 0 spiro atoms. The van der Waals surface area contributed by atoms with Gasteiger partial charge in [0.2, 0.25) is 0 Å². The summed E-state index contributed by atoms with van der Waals surface area (Å²) in [5.74, 6) is 0.259. The summed E-state index contributed by atoms with van der Waals surface area (Å²) in [6.45, 7) is 3.97. The minimum atomic E-state index is -0.296. The second-order valence-electron chi connectivity index (χ2n) is 5.52. The van der Waals surface area contributed by atoms with Crippen LogP contribution < -0.4 is 0 Å². The topological polar surface area (TPSA) is 52.8 Å². The zero-order chi connectivity index (χ0) is 14.8. The van der Waals surface area contributed by atoms with Gasteiger partial charge in [-0.1, -0.05) is 55.3 Å². The van der Waals surface area contributed by atoms with Crippen LogP contribution in [0.5, 0.6) is 0 Å². The molecule has 0 bridgehead atoms. The molecule has 2 N–H and O–H groups in total. The van der Waals surface area contributed by atoms with Crippen molar-refractivity contribution in [3.05, 3.63) is 35.9 Å². The highest BCUT2D eigenvalue weighted by Gasteiger charge is 2.17. The second-order valence-corrected chi connectivity index (χ2v) is 5.52. The number of aliphatic hydroxyl groups is 1. The molecular formula is C17H27NO2. The Morgan fingerprint density at radius 2 is 1.85 bits per heavy atom. The third kappa shape index (κ3) is 6.20. The van der Waals surface area contributed by atoms with Gasteiger partial charge in [-0.25, -0.2) is 0 Å². The Hall–Kier alpha value is -1.35. The van der Waals surface area contributed by atoms with Crippen LogP contribution in [0.2, 0.25) is 0 Å². The van der Waals surface area contributed by atoms with Gasteiger partial charge in [0, 0.05) is 12.3 Å². The van der Waals surface area contributed by atoms with Gasteiger partial charge in [0.15, 0.2) is 0 Å². The molecule has 3 heteroatoms. The van der Waals surface area contributed by atoms with E-state index in [1.165, 1.54) is 5.56 Å². The highest BCUT2D eigenvalue weighted by molar-refractivity contribution is 5.88. The minimum Gasteiger partial charge on any atom is -0.411 e. The summed E-state index contributed by atoms with van der Waals surface area (Å²) in [6, 6.07) is 10.1. The maximum Gasteiger partial charge on any atom is 0.0645 e. The Kier molecular flexibility index (Phi) is 7.97. The molecular weight excluding hydrogens is 250 g/mol. The molecule has 0 fully saturated rings. The highest BCUT2D eigenvalue weighted by Crippen LogP contribution is 2.20. The van der Waals surface area contributed by atoms with Crippen molar-refractivity contribution in [1.82, 2.24) is 0 Å². The molecule has 1 aromatic rings. The first-order valence-electron chi connectivity index (χ1n) is 7.60. The Labute approximate surface area is 122 Å². The molecule has 0 radical (unpaired) electrons. The number of hydrogen-bond donors (Lipinski definition) is 2. The summed E-state index contributed by atoms with van der Waals surface area (Å²) in [4.78, 5) is 0. The van der Waals surface area contributed by atoms with Crippen molar-refractivity contribution in [3.8, 4) is 0 Å². The largest absolute Gasteiger partial charge is 0.411 e. The molecule has 3 nitrogen and oxygen atoms in total. The normalized spacial score (nSPS) is 15.1. The summed E-state index contributed by atoms with van der Waals surface area (Å²) < 4.78 is 0. The maximum absolute atomic E-state index is 9.47. The monoisotopic (exact) mass is 277 g/mol. The molecule has 112 valence electrons. The van der Waals surface area contributed by atoms with Crippen LogP contribution >= 0.6 is 0 Å². The zero-order valence-corrected chi connectivity index (χ0v) is 12.6. The van der Waals surface area contributed by atoms with E-state index in [9.17, 15) is 10.3 Å². The van der Waals surface area contributed by atoms with E-state index in [2.05, 4.69) is 24.2 Å². The van der Waals surface area contributed by atoms with E-state index in [-0.39, 0.29) is 12.0 Å². The minimum absolute atomic E-state index is 0.259. The molecule has 0 aliphatic rings. The number of unbranched alkanes of at least 4 members (excludes halogenated alkanes) is 1. The first kappa shape index (κ1) is 16.7. The molecule has 0 aromatic heterocycles. The number of benzene rings is 1. The first-order valence-corrected chi connectivity index (χ1v) is 7.60. The number of nitrogens with zero attached hydrogens (tertiary/aromatic N) is 1. The lowest BCUT2D eigenvalue weighted by molar-refractivity contribution is 0.176. The molecule has 1 aromatic carbocycles. The standard InChI is InChI=1S/C17H27NO2/c1-3-4-10-16(12-11-14(2)19)17(18-20)13-15-8-6-5-7-9-15/h5-9,14,16,19-20H,3-4,10-13H2,1-2H3. The van der Waals surface area contributed by atoms with Crippen LogP contribution in [0.1, 0.15) is 51.5 Å². The molecule has 0 saturated carbocycles. The van der Waals surface area contributed by atoms with Crippen molar-refractivity contribution in [2.24, 2.45) is 11.1 Å². The van der Waals surface area contributed by atoms with E-state index >= 15 is 0 Å². The summed E-state index contributed by atoms with van der Waals surface area (Å²) in [5.41, 5.74) is 2.00. The smallest absolute Gasteiger partial charge is 0.0645 e. The molecule has 20 heavy (non-hydrogen) atoms. The van der Waals surface area contributed by atoms with Crippen molar-refractivity contribution in [1.29, 1.82) is 0 Å². The van der Waals surface area contributed by atoms with Crippen LogP contribution in [-0.4, -0.2) is 22.1 Å². The van der Waals surface area contributed by atoms with Gasteiger partial charge in [0.25, 0.3) is 0 Å². The van der Waals surface area contributed by atoms with Crippen molar-refractivity contribution >= 4 is 5.71 Å². The van der Waals surface area contributed by atoms with Gasteiger partial charge >= 0.3 is 0 Å². The fourth-order valence-corrected chi connectivity index (χ4v) is 2.44. The van der Waals surface area contributed by atoms with Gasteiger partial charge in [-0.05, 0) is 31.7 Å². The van der Waals surface area contributed by atoms with Crippen molar-refractivity contribution in [2.75, 3.05) is 0 Å². The first-order chi connectivity index (χ1) is 9.67. The lowest BCUT2D eigenvalue weighted by Gasteiger charge is -2.19. The number of aliphatic hydroxyl groups excluding tert-OH is 1. The SMILES string of the molecule is CCCCC(CCC(C)O)C(Cc1ccccc1)=NO. The van der Waals surface area contributed by atoms with Crippen molar-refractivity contribution in [2.45, 2.75) is 58.5 Å². The maximum atomic E-state index is 9.47. The van der Waals surface area contributed by atoms with E-state index in [1.807, 2.05) is 25.1 Å². The predicted molar refractivity (Wildman–Crippen MR) is 83.3 cm³/mol. The summed E-state index contributed by atoms with van der Waals surface area (Å²) in [6.07, 6.45) is 5.30. The van der Waals surface area contributed by atoms with E-state index in [0.29, 0.717) is 6.42 Å². The zero-order valence-electron chi connectivity index (χ0n) is 12.6. The molecule has 0 amide bonds. The fourth-order valence-electron chi connectivity index (χ4n) is 2.44. The lowest BCUT2D eigenvalue weighted by atomic mass is 9.88. The molecule has 2 unspecified atom stereocenters. The average Bonchev–Trinajstić information content (AvgIpc) is 2.46. The third-order valence-corrected chi connectivity index (χ3v) is 3.67. The Balaban J connectivity index is 2.69. The van der Waals surface area contributed by atoms with Crippen LogP contribution in [0.3, 0.4) is 0 Å².